The molecule has 1 aromatic rings. The average molecular weight is 264 g/mol. The molecule has 0 saturated heterocycles. The molecule has 2 rings (SSSR count). The van der Waals surface area contributed by atoms with Crippen LogP contribution < -0.4 is 11.3 Å². The maximum atomic E-state index is 6.12. The van der Waals surface area contributed by atoms with Gasteiger partial charge in [-0.1, -0.05) is 6.92 Å². The third-order valence-corrected chi connectivity index (χ3v) is 4.12. The molecule has 0 aromatic carbocycles. The van der Waals surface area contributed by atoms with E-state index in [9.17, 15) is 0 Å². The molecule has 0 aliphatic heterocycles. The molecule has 0 bridgehead atoms. The first-order valence-corrected chi connectivity index (χ1v) is 7.08. The number of nitrogens with zero attached hydrogens (tertiary/aromatic N) is 2. The Hall–Kier alpha value is -1.04. The van der Waals surface area contributed by atoms with Crippen molar-refractivity contribution in [2.75, 3.05) is 6.61 Å². The summed E-state index contributed by atoms with van der Waals surface area (Å²) in [6.07, 6.45) is 9.49. The normalized spacial score (nSPS) is 29.1. The van der Waals surface area contributed by atoms with Crippen LogP contribution in [0.4, 0.5) is 0 Å². The Kier molecular flexibility index (Phi) is 4.85. The molecule has 1 saturated carbocycles. The highest BCUT2D eigenvalue weighted by molar-refractivity contribution is 5.11. The summed E-state index contributed by atoms with van der Waals surface area (Å²) in [6.45, 7) is 5.01. The topological polar surface area (TPSA) is 73.1 Å². The molecule has 3 N–H and O–H groups in total. The lowest BCUT2D eigenvalue weighted by Gasteiger charge is -2.44. The SMILES string of the molecule is CCOC1(C(NN)c2cnccn2)CCC(C)CC1. The van der Waals surface area contributed by atoms with Crippen molar-refractivity contribution in [3.63, 3.8) is 0 Å². The lowest BCUT2D eigenvalue weighted by molar-refractivity contribution is -0.0985. The van der Waals surface area contributed by atoms with Crippen LogP contribution in [0.2, 0.25) is 0 Å². The van der Waals surface area contributed by atoms with E-state index in [-0.39, 0.29) is 11.6 Å². The van der Waals surface area contributed by atoms with Gasteiger partial charge in [0.2, 0.25) is 0 Å². The first kappa shape index (κ1) is 14.4. The molecule has 1 fully saturated rings. The smallest absolute Gasteiger partial charge is 0.0937 e. The minimum Gasteiger partial charge on any atom is -0.373 e. The summed E-state index contributed by atoms with van der Waals surface area (Å²) >= 11 is 0. The van der Waals surface area contributed by atoms with E-state index in [2.05, 4.69) is 22.3 Å². The Balaban J connectivity index is 2.26. The molecule has 5 heteroatoms. The second-order valence-corrected chi connectivity index (χ2v) is 5.41. The number of ether oxygens (including phenoxy) is 1. The van der Waals surface area contributed by atoms with Gasteiger partial charge in [-0.2, -0.15) is 0 Å². The molecular weight excluding hydrogens is 240 g/mol. The van der Waals surface area contributed by atoms with Gasteiger partial charge >= 0.3 is 0 Å². The number of hydrazine groups is 1. The zero-order chi connectivity index (χ0) is 13.7. The minimum atomic E-state index is -0.258. The molecule has 5 nitrogen and oxygen atoms in total. The molecule has 0 spiro atoms. The monoisotopic (exact) mass is 264 g/mol. The van der Waals surface area contributed by atoms with Gasteiger partial charge in [-0.3, -0.25) is 15.8 Å². The summed E-state index contributed by atoms with van der Waals surface area (Å²) < 4.78 is 6.12. The fraction of sp³-hybridized carbons (Fsp3) is 0.714. The van der Waals surface area contributed by atoms with Crippen LogP contribution in [0.1, 0.15) is 51.3 Å². The van der Waals surface area contributed by atoms with Gasteiger partial charge in [0.15, 0.2) is 0 Å². The van der Waals surface area contributed by atoms with Gasteiger partial charge in [0.05, 0.1) is 23.5 Å². The molecule has 0 amide bonds. The number of aromatic nitrogens is 2. The number of nitrogens with one attached hydrogen (secondary N) is 1. The second-order valence-electron chi connectivity index (χ2n) is 5.41. The van der Waals surface area contributed by atoms with Gasteiger partial charge in [0.25, 0.3) is 0 Å². The van der Waals surface area contributed by atoms with E-state index in [4.69, 9.17) is 10.6 Å². The molecule has 1 aliphatic carbocycles. The van der Waals surface area contributed by atoms with E-state index >= 15 is 0 Å². The number of hydrogen-bond acceptors (Lipinski definition) is 5. The van der Waals surface area contributed by atoms with Crippen LogP contribution in [-0.4, -0.2) is 22.2 Å². The lowest BCUT2D eigenvalue weighted by Crippen LogP contribution is -2.50. The third-order valence-electron chi connectivity index (χ3n) is 4.12. The molecule has 0 radical (unpaired) electrons. The summed E-state index contributed by atoms with van der Waals surface area (Å²) in [5.41, 5.74) is 3.50. The Morgan fingerprint density at radius 3 is 2.74 bits per heavy atom. The summed E-state index contributed by atoms with van der Waals surface area (Å²) in [6, 6.07) is -0.103. The summed E-state index contributed by atoms with van der Waals surface area (Å²) in [7, 11) is 0. The molecule has 19 heavy (non-hydrogen) atoms. The van der Waals surface area contributed by atoms with E-state index in [1.807, 2.05) is 6.92 Å². The van der Waals surface area contributed by atoms with Crippen molar-refractivity contribution in [1.82, 2.24) is 15.4 Å². The molecule has 1 heterocycles. The van der Waals surface area contributed by atoms with E-state index in [1.165, 1.54) is 12.8 Å². The zero-order valence-electron chi connectivity index (χ0n) is 11.8. The van der Waals surface area contributed by atoms with Crippen molar-refractivity contribution >= 4 is 0 Å². The van der Waals surface area contributed by atoms with Crippen molar-refractivity contribution in [3.05, 3.63) is 24.3 Å². The zero-order valence-corrected chi connectivity index (χ0v) is 11.8. The van der Waals surface area contributed by atoms with Crippen LogP contribution in [0.15, 0.2) is 18.6 Å². The largest absolute Gasteiger partial charge is 0.373 e. The van der Waals surface area contributed by atoms with Crippen molar-refractivity contribution in [2.45, 2.75) is 51.2 Å². The number of nitrogens with two attached hydrogens (primary N) is 1. The predicted molar refractivity (Wildman–Crippen MR) is 74.1 cm³/mol. The average Bonchev–Trinajstić information content (AvgIpc) is 2.44. The summed E-state index contributed by atoms with van der Waals surface area (Å²) in [5, 5.41) is 0. The van der Waals surface area contributed by atoms with Crippen LogP contribution in [0, 0.1) is 5.92 Å². The standard InChI is InChI=1S/C14H24N4O/c1-3-19-14(6-4-11(2)5-7-14)13(18-15)12-10-16-8-9-17-12/h8-11,13,18H,3-7,15H2,1-2H3. The molecule has 1 atom stereocenters. The highest BCUT2D eigenvalue weighted by atomic mass is 16.5. The highest BCUT2D eigenvalue weighted by Gasteiger charge is 2.43. The predicted octanol–water partition coefficient (Wildman–Crippen LogP) is 1.97. The van der Waals surface area contributed by atoms with E-state index in [0.717, 1.165) is 24.5 Å². The van der Waals surface area contributed by atoms with E-state index in [1.54, 1.807) is 18.6 Å². The number of hydrogen-bond donors (Lipinski definition) is 2. The van der Waals surface area contributed by atoms with Crippen LogP contribution in [0.3, 0.4) is 0 Å². The van der Waals surface area contributed by atoms with Crippen LogP contribution >= 0.6 is 0 Å². The van der Waals surface area contributed by atoms with Crippen LogP contribution in [-0.2, 0) is 4.74 Å². The Morgan fingerprint density at radius 1 is 1.47 bits per heavy atom. The van der Waals surface area contributed by atoms with Gasteiger partial charge < -0.3 is 4.74 Å². The second kappa shape index (κ2) is 6.41. The lowest BCUT2D eigenvalue weighted by atomic mass is 9.74. The van der Waals surface area contributed by atoms with Gasteiger partial charge in [-0.15, -0.1) is 0 Å². The molecule has 1 aliphatic rings. The molecule has 1 unspecified atom stereocenters. The van der Waals surface area contributed by atoms with E-state index < -0.39 is 0 Å². The first-order chi connectivity index (χ1) is 9.22. The Labute approximate surface area is 114 Å². The maximum absolute atomic E-state index is 6.12. The minimum absolute atomic E-state index is 0.103. The van der Waals surface area contributed by atoms with Crippen molar-refractivity contribution in [2.24, 2.45) is 11.8 Å². The maximum Gasteiger partial charge on any atom is 0.0937 e. The van der Waals surface area contributed by atoms with Crippen molar-refractivity contribution in [1.29, 1.82) is 0 Å². The van der Waals surface area contributed by atoms with Crippen LogP contribution in [0.25, 0.3) is 0 Å². The fourth-order valence-corrected chi connectivity index (χ4v) is 3.02. The third kappa shape index (κ3) is 3.11. The summed E-state index contributed by atoms with van der Waals surface area (Å²) in [5.74, 6) is 6.55. The van der Waals surface area contributed by atoms with Gasteiger partial charge in [0.1, 0.15) is 0 Å². The fourth-order valence-electron chi connectivity index (χ4n) is 3.02. The van der Waals surface area contributed by atoms with Crippen molar-refractivity contribution < 1.29 is 4.74 Å². The van der Waals surface area contributed by atoms with E-state index in [0.29, 0.717) is 6.61 Å². The Morgan fingerprint density at radius 2 is 2.21 bits per heavy atom. The van der Waals surface area contributed by atoms with Crippen LogP contribution in [0.5, 0.6) is 0 Å². The van der Waals surface area contributed by atoms with Crippen molar-refractivity contribution in [3.8, 4) is 0 Å². The highest BCUT2D eigenvalue weighted by Crippen LogP contribution is 2.42. The van der Waals surface area contributed by atoms with Gasteiger partial charge in [-0.05, 0) is 38.5 Å². The van der Waals surface area contributed by atoms with Gasteiger partial charge in [-0.25, -0.2) is 5.43 Å². The Bertz CT molecular complexity index is 376. The van der Waals surface area contributed by atoms with Gasteiger partial charge in [0, 0.05) is 19.0 Å². The first-order valence-electron chi connectivity index (χ1n) is 7.08. The summed E-state index contributed by atoms with van der Waals surface area (Å²) in [4.78, 5) is 8.53. The quantitative estimate of drug-likeness (QED) is 0.628. The molecule has 106 valence electrons. The molecule has 1 aromatic heterocycles. The number of rotatable bonds is 5. The molecular formula is C14H24N4O.